The average Bonchev–Trinajstić information content (AvgIpc) is 2.72. The second-order valence-electron chi connectivity index (χ2n) is 9.06. The van der Waals surface area contributed by atoms with Crippen molar-refractivity contribution in [3.05, 3.63) is 64.1 Å². The van der Waals surface area contributed by atoms with Crippen molar-refractivity contribution in [2.75, 3.05) is 20.2 Å². The molecule has 2 aromatic rings. The fraction of sp³-hybridized carbons (Fsp3) is 0.440. The number of methoxy groups -OCH3 is 1. The third-order valence-corrected chi connectivity index (χ3v) is 5.12. The highest BCUT2D eigenvalue weighted by molar-refractivity contribution is 9.10. The van der Waals surface area contributed by atoms with Gasteiger partial charge in [-0.2, -0.15) is 0 Å². The molecule has 8 heteroatoms. The summed E-state index contributed by atoms with van der Waals surface area (Å²) in [6, 6.07) is 14.7. The lowest BCUT2D eigenvalue weighted by atomic mass is 10.1. The van der Waals surface area contributed by atoms with Crippen LogP contribution in [0.25, 0.3) is 0 Å². The van der Waals surface area contributed by atoms with Crippen molar-refractivity contribution in [2.24, 2.45) is 0 Å². The second kappa shape index (κ2) is 11.6. The molecule has 180 valence electrons. The Labute approximate surface area is 203 Å². The molecular weight excluding hydrogens is 490 g/mol. The molecule has 0 saturated heterocycles. The predicted octanol–water partition coefficient (Wildman–Crippen LogP) is 4.10. The molecule has 0 bridgehead atoms. The Hall–Kier alpha value is -2.42. The molecular formula is C25H32BrNO6. The van der Waals surface area contributed by atoms with E-state index in [4.69, 9.17) is 14.2 Å². The lowest BCUT2D eigenvalue weighted by molar-refractivity contribution is -0.169. The molecule has 7 nitrogen and oxygen atoms in total. The van der Waals surface area contributed by atoms with Crippen LogP contribution in [0.3, 0.4) is 0 Å². The summed E-state index contributed by atoms with van der Waals surface area (Å²) in [6.45, 7) is 6.90. The maximum atomic E-state index is 12.7. The van der Waals surface area contributed by atoms with Crippen LogP contribution in [0, 0.1) is 0 Å². The summed E-state index contributed by atoms with van der Waals surface area (Å²) in [6.07, 6.45) is 0. The van der Waals surface area contributed by atoms with Crippen molar-refractivity contribution in [1.29, 1.82) is 0 Å². The van der Waals surface area contributed by atoms with Crippen LogP contribution in [-0.2, 0) is 32.2 Å². The summed E-state index contributed by atoms with van der Waals surface area (Å²) in [4.78, 5) is 26.8. The number of hydrogen-bond acceptors (Lipinski definition) is 7. The van der Waals surface area contributed by atoms with Gasteiger partial charge in [0.1, 0.15) is 18.0 Å². The summed E-state index contributed by atoms with van der Waals surface area (Å²) >= 11 is 3.40. The van der Waals surface area contributed by atoms with Gasteiger partial charge >= 0.3 is 11.9 Å². The molecule has 0 unspecified atom stereocenters. The fourth-order valence-electron chi connectivity index (χ4n) is 3.10. The van der Waals surface area contributed by atoms with E-state index in [-0.39, 0.29) is 19.7 Å². The van der Waals surface area contributed by atoms with Gasteiger partial charge in [0.2, 0.25) is 0 Å². The SMILES string of the molecule is COc1ccc(COC(=O)[C@](C)(O)CN(CC(=O)OC(C)(C)C)Cc2ccc(Br)cc2)cc1. The van der Waals surface area contributed by atoms with Gasteiger partial charge in [0.25, 0.3) is 0 Å². The molecule has 0 heterocycles. The summed E-state index contributed by atoms with van der Waals surface area (Å²) < 4.78 is 16.8. The van der Waals surface area contributed by atoms with E-state index in [1.54, 1.807) is 57.0 Å². The average molecular weight is 522 g/mol. The fourth-order valence-corrected chi connectivity index (χ4v) is 3.36. The van der Waals surface area contributed by atoms with Gasteiger partial charge in [-0.05, 0) is 63.1 Å². The minimum absolute atomic E-state index is 0.0117. The number of carbonyl (C=O) groups excluding carboxylic acids is 2. The molecule has 1 atom stereocenters. The van der Waals surface area contributed by atoms with E-state index >= 15 is 0 Å². The van der Waals surface area contributed by atoms with Gasteiger partial charge in [-0.3, -0.25) is 9.69 Å². The van der Waals surface area contributed by atoms with E-state index in [0.717, 1.165) is 15.6 Å². The molecule has 0 saturated carbocycles. The lowest BCUT2D eigenvalue weighted by Gasteiger charge is -2.30. The summed E-state index contributed by atoms with van der Waals surface area (Å²) in [5.74, 6) is -0.520. The Morgan fingerprint density at radius 2 is 1.55 bits per heavy atom. The minimum Gasteiger partial charge on any atom is -0.497 e. The molecule has 0 aliphatic rings. The lowest BCUT2D eigenvalue weighted by Crippen LogP contribution is -2.49. The predicted molar refractivity (Wildman–Crippen MR) is 129 cm³/mol. The normalized spacial score (nSPS) is 13.3. The molecule has 2 rings (SSSR count). The number of benzene rings is 2. The molecule has 0 amide bonds. The number of esters is 2. The van der Waals surface area contributed by atoms with Crippen LogP contribution in [0.1, 0.15) is 38.8 Å². The van der Waals surface area contributed by atoms with Gasteiger partial charge in [0, 0.05) is 17.6 Å². The van der Waals surface area contributed by atoms with Crippen LogP contribution in [-0.4, -0.2) is 53.3 Å². The largest absolute Gasteiger partial charge is 0.497 e. The highest BCUT2D eigenvalue weighted by Gasteiger charge is 2.35. The van der Waals surface area contributed by atoms with Crippen molar-refractivity contribution in [3.63, 3.8) is 0 Å². The quantitative estimate of drug-likeness (QED) is 0.471. The van der Waals surface area contributed by atoms with Crippen LogP contribution in [0.15, 0.2) is 53.0 Å². The van der Waals surface area contributed by atoms with E-state index in [1.165, 1.54) is 6.92 Å². The van der Waals surface area contributed by atoms with Crippen molar-refractivity contribution >= 4 is 27.9 Å². The molecule has 1 N–H and O–H groups in total. The number of ether oxygens (including phenoxy) is 3. The van der Waals surface area contributed by atoms with Gasteiger partial charge in [0.05, 0.1) is 13.7 Å². The highest BCUT2D eigenvalue weighted by Crippen LogP contribution is 2.18. The topological polar surface area (TPSA) is 85.3 Å². The molecule has 0 aliphatic carbocycles. The maximum Gasteiger partial charge on any atom is 0.339 e. The Kier molecular flexibility index (Phi) is 9.46. The van der Waals surface area contributed by atoms with E-state index in [2.05, 4.69) is 15.9 Å². The van der Waals surface area contributed by atoms with Crippen LogP contribution in [0.5, 0.6) is 5.75 Å². The summed E-state index contributed by atoms with van der Waals surface area (Å²) in [5, 5.41) is 10.9. The highest BCUT2D eigenvalue weighted by atomic mass is 79.9. The molecule has 0 radical (unpaired) electrons. The number of aliphatic hydroxyl groups is 1. The summed E-state index contributed by atoms with van der Waals surface area (Å²) in [7, 11) is 1.57. The zero-order valence-electron chi connectivity index (χ0n) is 19.8. The molecule has 0 aromatic heterocycles. The first-order valence-corrected chi connectivity index (χ1v) is 11.4. The number of halogens is 1. The van der Waals surface area contributed by atoms with E-state index in [1.807, 2.05) is 24.3 Å². The van der Waals surface area contributed by atoms with Crippen molar-refractivity contribution < 1.29 is 28.9 Å². The first-order valence-electron chi connectivity index (χ1n) is 10.6. The first-order chi connectivity index (χ1) is 15.4. The number of rotatable bonds is 10. The minimum atomic E-state index is -1.83. The van der Waals surface area contributed by atoms with Crippen molar-refractivity contribution in [2.45, 2.75) is 52.0 Å². The summed E-state index contributed by atoms with van der Waals surface area (Å²) in [5.41, 5.74) is -0.783. The van der Waals surface area contributed by atoms with E-state index in [9.17, 15) is 14.7 Å². The standard InChI is InChI=1S/C25H32BrNO6/c1-24(2,3)33-22(28)15-27(14-18-6-10-20(26)11-7-18)17-25(4,30)23(29)32-16-19-8-12-21(31-5)13-9-19/h6-13,30H,14-17H2,1-5H3/t25-/m1/s1. The molecule has 0 aliphatic heterocycles. The van der Waals surface area contributed by atoms with Gasteiger partial charge in [-0.1, -0.05) is 40.2 Å². The number of carbonyl (C=O) groups is 2. The third-order valence-electron chi connectivity index (χ3n) is 4.59. The van der Waals surface area contributed by atoms with Crippen LogP contribution in [0.4, 0.5) is 0 Å². The molecule has 0 fully saturated rings. The van der Waals surface area contributed by atoms with Crippen LogP contribution >= 0.6 is 15.9 Å². The second-order valence-corrected chi connectivity index (χ2v) is 9.97. The molecule has 2 aromatic carbocycles. The zero-order valence-corrected chi connectivity index (χ0v) is 21.3. The Balaban J connectivity index is 2.07. The molecule has 33 heavy (non-hydrogen) atoms. The van der Waals surface area contributed by atoms with Crippen molar-refractivity contribution in [3.8, 4) is 5.75 Å². The third kappa shape index (κ3) is 9.53. The number of hydrogen-bond donors (Lipinski definition) is 1. The van der Waals surface area contributed by atoms with E-state index in [0.29, 0.717) is 12.3 Å². The monoisotopic (exact) mass is 521 g/mol. The smallest absolute Gasteiger partial charge is 0.339 e. The Morgan fingerprint density at radius 1 is 0.970 bits per heavy atom. The van der Waals surface area contributed by atoms with Gasteiger partial charge in [0.15, 0.2) is 5.60 Å². The maximum absolute atomic E-state index is 12.7. The molecule has 0 spiro atoms. The van der Waals surface area contributed by atoms with E-state index < -0.39 is 23.1 Å². The van der Waals surface area contributed by atoms with Gasteiger partial charge in [-0.15, -0.1) is 0 Å². The Bertz CT molecular complexity index is 919. The number of nitrogens with zero attached hydrogens (tertiary/aromatic N) is 1. The van der Waals surface area contributed by atoms with Crippen LogP contribution in [0.2, 0.25) is 0 Å². The van der Waals surface area contributed by atoms with Gasteiger partial charge in [-0.25, -0.2) is 4.79 Å². The Morgan fingerprint density at radius 3 is 2.09 bits per heavy atom. The first kappa shape index (κ1) is 26.8. The van der Waals surface area contributed by atoms with Gasteiger partial charge < -0.3 is 19.3 Å². The van der Waals surface area contributed by atoms with Crippen LogP contribution < -0.4 is 4.74 Å². The zero-order chi connectivity index (χ0) is 24.6. The van der Waals surface area contributed by atoms with Crippen molar-refractivity contribution in [1.82, 2.24) is 4.90 Å².